The molecule has 1 aliphatic rings. The number of rotatable bonds is 3. The molecular formula is C12H26IN3O2S. The van der Waals surface area contributed by atoms with Crippen LogP contribution in [0.3, 0.4) is 0 Å². The van der Waals surface area contributed by atoms with Crippen LogP contribution in [0.1, 0.15) is 33.6 Å². The molecule has 0 aromatic carbocycles. The van der Waals surface area contributed by atoms with Crippen molar-refractivity contribution in [1.82, 2.24) is 10.2 Å². The minimum Gasteiger partial charge on any atom is -0.355 e. The molecule has 1 fully saturated rings. The van der Waals surface area contributed by atoms with Gasteiger partial charge in [-0.3, -0.25) is 4.99 Å². The third-order valence-electron chi connectivity index (χ3n) is 3.20. The molecule has 0 saturated carbocycles. The first-order chi connectivity index (χ1) is 8.28. The molecule has 0 amide bonds. The Kier molecular flexibility index (Phi) is 7.64. The molecule has 5 nitrogen and oxygen atoms in total. The van der Waals surface area contributed by atoms with E-state index < -0.39 is 14.6 Å². The van der Waals surface area contributed by atoms with Crippen molar-refractivity contribution in [2.45, 2.75) is 38.4 Å². The second-order valence-electron chi connectivity index (χ2n) is 5.60. The molecule has 0 atom stereocenters. The van der Waals surface area contributed by atoms with Gasteiger partial charge in [-0.05, 0) is 33.6 Å². The molecule has 1 aliphatic heterocycles. The fourth-order valence-electron chi connectivity index (χ4n) is 1.86. The summed E-state index contributed by atoms with van der Waals surface area (Å²) in [6.45, 7) is 7.63. The third kappa shape index (κ3) is 5.45. The minimum absolute atomic E-state index is 0. The van der Waals surface area contributed by atoms with Gasteiger partial charge in [-0.1, -0.05) is 0 Å². The van der Waals surface area contributed by atoms with Crippen LogP contribution in [0.4, 0.5) is 0 Å². The van der Waals surface area contributed by atoms with E-state index in [1.807, 2.05) is 0 Å². The van der Waals surface area contributed by atoms with E-state index in [1.54, 1.807) is 27.8 Å². The number of hydrogen-bond donors (Lipinski definition) is 1. The van der Waals surface area contributed by atoms with Crippen LogP contribution in [0.15, 0.2) is 4.99 Å². The fraction of sp³-hybridized carbons (Fsp3) is 0.917. The molecule has 114 valence electrons. The van der Waals surface area contributed by atoms with Crippen molar-refractivity contribution < 1.29 is 8.42 Å². The van der Waals surface area contributed by atoms with Gasteiger partial charge in [0.05, 0.1) is 10.5 Å². The highest BCUT2D eigenvalue weighted by Gasteiger charge is 2.28. The van der Waals surface area contributed by atoms with E-state index in [-0.39, 0.29) is 29.7 Å². The minimum atomic E-state index is -3.06. The van der Waals surface area contributed by atoms with Gasteiger partial charge in [0.2, 0.25) is 0 Å². The molecule has 0 unspecified atom stereocenters. The first-order valence-electron chi connectivity index (χ1n) is 6.46. The van der Waals surface area contributed by atoms with E-state index >= 15 is 0 Å². The molecule has 0 aromatic heterocycles. The van der Waals surface area contributed by atoms with Gasteiger partial charge in [-0.25, -0.2) is 8.42 Å². The molecule has 1 rings (SSSR count). The second kappa shape index (κ2) is 7.66. The van der Waals surface area contributed by atoms with Gasteiger partial charge < -0.3 is 10.2 Å². The van der Waals surface area contributed by atoms with Crippen LogP contribution in [0, 0.1) is 0 Å². The zero-order chi connectivity index (χ0) is 13.8. The fourth-order valence-corrected chi connectivity index (χ4v) is 2.85. The summed E-state index contributed by atoms with van der Waals surface area (Å²) in [5.41, 5.74) is 0. The maximum atomic E-state index is 11.9. The summed E-state index contributed by atoms with van der Waals surface area (Å²) in [5, 5.41) is 3.14. The number of hydrogen-bond acceptors (Lipinski definition) is 3. The molecule has 0 bridgehead atoms. The van der Waals surface area contributed by atoms with Crippen molar-refractivity contribution in [3.63, 3.8) is 0 Å². The number of halogens is 1. The van der Waals surface area contributed by atoms with Gasteiger partial charge >= 0.3 is 0 Å². The largest absolute Gasteiger partial charge is 0.355 e. The second-order valence-corrected chi connectivity index (χ2v) is 8.46. The first kappa shape index (κ1) is 18.9. The van der Waals surface area contributed by atoms with Gasteiger partial charge in [0.1, 0.15) is 0 Å². The van der Waals surface area contributed by atoms with Gasteiger partial charge in [0.25, 0.3) is 0 Å². The first-order valence-corrected chi connectivity index (χ1v) is 8.11. The highest BCUT2D eigenvalue weighted by molar-refractivity contribution is 14.0. The summed E-state index contributed by atoms with van der Waals surface area (Å²) >= 11 is 0. The maximum Gasteiger partial charge on any atom is 0.193 e. The lowest BCUT2D eigenvalue weighted by Gasteiger charge is -2.23. The van der Waals surface area contributed by atoms with Crippen molar-refractivity contribution in [3.8, 4) is 0 Å². The van der Waals surface area contributed by atoms with E-state index in [9.17, 15) is 8.42 Å². The standard InChI is InChI=1S/C12H25N3O2S.HI/c1-12(2,3)18(16,17)10-7-14-11(13-4)15-8-5-6-9-15;/h5-10H2,1-4H3,(H,13,14);1H. The number of likely N-dealkylation sites (tertiary alicyclic amines) is 1. The molecule has 0 aromatic rings. The number of sulfone groups is 1. The molecule has 0 aliphatic carbocycles. The Morgan fingerprint density at radius 3 is 2.21 bits per heavy atom. The monoisotopic (exact) mass is 403 g/mol. The molecule has 1 saturated heterocycles. The van der Waals surface area contributed by atoms with Crippen molar-refractivity contribution >= 4 is 39.8 Å². The van der Waals surface area contributed by atoms with Crippen molar-refractivity contribution in [3.05, 3.63) is 0 Å². The molecule has 7 heteroatoms. The number of nitrogens with one attached hydrogen (secondary N) is 1. The molecule has 0 radical (unpaired) electrons. The smallest absolute Gasteiger partial charge is 0.193 e. The van der Waals surface area contributed by atoms with Gasteiger partial charge in [0, 0.05) is 26.7 Å². The number of nitrogens with zero attached hydrogens (tertiary/aromatic N) is 2. The zero-order valence-electron chi connectivity index (χ0n) is 12.3. The quantitative estimate of drug-likeness (QED) is 0.441. The van der Waals surface area contributed by atoms with Gasteiger partial charge in [0.15, 0.2) is 15.8 Å². The van der Waals surface area contributed by atoms with E-state index in [1.165, 1.54) is 12.8 Å². The lowest BCUT2D eigenvalue weighted by atomic mass is 10.3. The topological polar surface area (TPSA) is 61.8 Å². The molecule has 0 spiro atoms. The third-order valence-corrected chi connectivity index (χ3v) is 5.81. The van der Waals surface area contributed by atoms with Crippen LogP contribution < -0.4 is 5.32 Å². The zero-order valence-corrected chi connectivity index (χ0v) is 15.4. The van der Waals surface area contributed by atoms with Gasteiger partial charge in [-0.2, -0.15) is 0 Å². The normalized spacial score (nSPS) is 17.3. The maximum absolute atomic E-state index is 11.9. The molecule has 1 heterocycles. The summed E-state index contributed by atoms with van der Waals surface area (Å²) in [7, 11) is -1.33. The van der Waals surface area contributed by atoms with Crippen LogP contribution in [-0.2, 0) is 9.84 Å². The molecular weight excluding hydrogens is 377 g/mol. The van der Waals surface area contributed by atoms with Crippen molar-refractivity contribution in [2.75, 3.05) is 32.4 Å². The molecule has 19 heavy (non-hydrogen) atoms. The van der Waals surface area contributed by atoms with Crippen molar-refractivity contribution in [2.24, 2.45) is 4.99 Å². The Hall–Kier alpha value is -0.0500. The molecule has 1 N–H and O–H groups in total. The van der Waals surface area contributed by atoms with Crippen LogP contribution >= 0.6 is 24.0 Å². The SMILES string of the molecule is CN=C(NCCS(=O)(=O)C(C)(C)C)N1CCCC1.I. The Morgan fingerprint density at radius 2 is 1.79 bits per heavy atom. The number of aliphatic imine (C=N–C) groups is 1. The van der Waals surface area contributed by atoms with E-state index in [2.05, 4.69) is 15.2 Å². The number of guanidine groups is 1. The summed E-state index contributed by atoms with van der Waals surface area (Å²) in [6.07, 6.45) is 2.36. The highest BCUT2D eigenvalue weighted by atomic mass is 127. The lowest BCUT2D eigenvalue weighted by molar-refractivity contribution is 0.495. The predicted octanol–water partition coefficient (Wildman–Crippen LogP) is 1.49. The summed E-state index contributed by atoms with van der Waals surface area (Å²) in [4.78, 5) is 6.36. The van der Waals surface area contributed by atoms with Crippen LogP contribution in [0.25, 0.3) is 0 Å². The highest BCUT2D eigenvalue weighted by Crippen LogP contribution is 2.15. The van der Waals surface area contributed by atoms with E-state index in [0.717, 1.165) is 19.0 Å². The Labute approximate surface area is 134 Å². The van der Waals surface area contributed by atoms with E-state index in [0.29, 0.717) is 6.54 Å². The summed E-state index contributed by atoms with van der Waals surface area (Å²) < 4.78 is 23.2. The Morgan fingerprint density at radius 1 is 1.26 bits per heavy atom. The Balaban J connectivity index is 0.00000324. The predicted molar refractivity (Wildman–Crippen MR) is 91.1 cm³/mol. The van der Waals surface area contributed by atoms with Gasteiger partial charge in [-0.15, -0.1) is 24.0 Å². The summed E-state index contributed by atoms with van der Waals surface area (Å²) in [5.74, 6) is 0.959. The van der Waals surface area contributed by atoms with Crippen molar-refractivity contribution in [1.29, 1.82) is 0 Å². The van der Waals surface area contributed by atoms with Crippen LogP contribution in [0.5, 0.6) is 0 Å². The lowest BCUT2D eigenvalue weighted by Crippen LogP contribution is -2.43. The Bertz CT molecular complexity index is 396. The van der Waals surface area contributed by atoms with Crippen LogP contribution in [0.2, 0.25) is 0 Å². The summed E-state index contributed by atoms with van der Waals surface area (Å²) in [6, 6.07) is 0. The average molecular weight is 403 g/mol. The van der Waals surface area contributed by atoms with E-state index in [4.69, 9.17) is 0 Å². The van der Waals surface area contributed by atoms with Crippen LogP contribution in [-0.4, -0.2) is 56.5 Å². The average Bonchev–Trinajstić information content (AvgIpc) is 2.76.